The number of hydrogen-bond donors (Lipinski definition) is 1. The van der Waals surface area contributed by atoms with E-state index in [9.17, 15) is 9.59 Å². The van der Waals surface area contributed by atoms with Crippen LogP contribution in [0.1, 0.15) is 45.6 Å². The summed E-state index contributed by atoms with van der Waals surface area (Å²) in [7, 11) is 0. The average molecular weight is 431 g/mol. The topological polar surface area (TPSA) is 66.7 Å². The van der Waals surface area contributed by atoms with E-state index >= 15 is 0 Å². The van der Waals surface area contributed by atoms with Crippen LogP contribution in [0.2, 0.25) is 0 Å². The molecule has 1 aliphatic rings. The lowest BCUT2D eigenvalue weighted by Gasteiger charge is -2.14. The molecule has 2 aromatic heterocycles. The van der Waals surface area contributed by atoms with Gasteiger partial charge in [-0.2, -0.15) is 0 Å². The zero-order valence-electron chi connectivity index (χ0n) is 17.0. The van der Waals surface area contributed by atoms with E-state index in [4.69, 9.17) is 12.2 Å². The number of nitrogens with one attached hydrogen (secondary N) is 1. The zero-order chi connectivity index (χ0) is 21.0. The molecule has 2 aromatic rings. The van der Waals surface area contributed by atoms with Crippen molar-refractivity contribution in [1.82, 2.24) is 14.3 Å². The summed E-state index contributed by atoms with van der Waals surface area (Å²) in [4.78, 5) is 32.7. The molecule has 0 radical (unpaired) electrons. The van der Waals surface area contributed by atoms with Gasteiger partial charge in [0.2, 0.25) is 0 Å². The number of fused-ring (bicyclic) bond motifs is 1. The van der Waals surface area contributed by atoms with E-state index in [0.717, 1.165) is 19.3 Å². The Kier molecular flexibility index (Phi) is 7.08. The normalized spacial score (nSPS) is 15.9. The molecule has 0 aromatic carbocycles. The van der Waals surface area contributed by atoms with E-state index in [-0.39, 0.29) is 11.5 Å². The minimum Gasteiger partial charge on any atom is -0.369 e. The first-order chi connectivity index (χ1) is 13.9. The maximum absolute atomic E-state index is 13.1. The molecule has 0 spiro atoms. The van der Waals surface area contributed by atoms with E-state index in [1.165, 1.54) is 16.2 Å². The molecule has 0 unspecified atom stereocenters. The van der Waals surface area contributed by atoms with Crippen molar-refractivity contribution in [2.75, 3.05) is 18.4 Å². The molecule has 8 heteroatoms. The van der Waals surface area contributed by atoms with Gasteiger partial charge in [0.05, 0.1) is 10.5 Å². The summed E-state index contributed by atoms with van der Waals surface area (Å²) in [6.07, 6.45) is 6.36. The first kappa shape index (κ1) is 21.5. The Labute approximate surface area is 180 Å². The predicted octanol–water partition coefficient (Wildman–Crippen LogP) is 4.15. The number of thioether (sulfide) groups is 1. The second-order valence-electron chi connectivity index (χ2n) is 7.42. The number of rotatable bonds is 8. The Morgan fingerprint density at radius 3 is 2.79 bits per heavy atom. The SMILES string of the molecule is CCCCCN1C(=O)/C(=C\c2c(NCC(C)C)nc3ccccn3c2=O)SC1=S. The number of aromatic nitrogens is 2. The molecule has 1 amide bonds. The Morgan fingerprint density at radius 1 is 1.28 bits per heavy atom. The molecule has 0 saturated carbocycles. The van der Waals surface area contributed by atoms with Crippen LogP contribution in [0.15, 0.2) is 34.1 Å². The highest BCUT2D eigenvalue weighted by atomic mass is 32.2. The van der Waals surface area contributed by atoms with Crippen LogP contribution in [-0.4, -0.2) is 37.6 Å². The molecule has 3 rings (SSSR count). The largest absolute Gasteiger partial charge is 0.369 e. The predicted molar refractivity (Wildman–Crippen MR) is 124 cm³/mol. The Balaban J connectivity index is 2.00. The van der Waals surface area contributed by atoms with Gasteiger partial charge < -0.3 is 5.32 Å². The third-order valence-corrected chi connectivity index (χ3v) is 5.96. The molecule has 29 heavy (non-hydrogen) atoms. The van der Waals surface area contributed by atoms with Crippen LogP contribution in [0.25, 0.3) is 11.7 Å². The van der Waals surface area contributed by atoms with Crippen molar-refractivity contribution in [1.29, 1.82) is 0 Å². The average Bonchev–Trinajstić information content (AvgIpc) is 2.96. The van der Waals surface area contributed by atoms with Crippen molar-refractivity contribution >= 4 is 51.7 Å². The molecule has 0 bridgehead atoms. The van der Waals surface area contributed by atoms with E-state index in [1.54, 1.807) is 29.3 Å². The second-order valence-corrected chi connectivity index (χ2v) is 9.10. The molecular formula is C21H26N4O2S2. The Morgan fingerprint density at radius 2 is 2.07 bits per heavy atom. The summed E-state index contributed by atoms with van der Waals surface area (Å²) < 4.78 is 2.04. The third kappa shape index (κ3) is 4.87. The number of nitrogens with zero attached hydrogens (tertiary/aromatic N) is 3. The lowest BCUT2D eigenvalue weighted by Crippen LogP contribution is -2.29. The number of carbonyl (C=O) groups is 1. The highest BCUT2D eigenvalue weighted by Gasteiger charge is 2.32. The van der Waals surface area contributed by atoms with Crippen molar-refractivity contribution in [3.63, 3.8) is 0 Å². The van der Waals surface area contributed by atoms with E-state index in [1.807, 2.05) is 6.07 Å². The fourth-order valence-corrected chi connectivity index (χ4v) is 4.30. The van der Waals surface area contributed by atoms with Gasteiger partial charge in [0, 0.05) is 19.3 Å². The number of hydrogen-bond acceptors (Lipinski definition) is 6. The number of unbranched alkanes of at least 4 members (excludes halogenated alkanes) is 2. The van der Waals surface area contributed by atoms with Gasteiger partial charge in [-0.25, -0.2) is 4.98 Å². The van der Waals surface area contributed by atoms with Crippen molar-refractivity contribution in [2.24, 2.45) is 5.92 Å². The fraction of sp³-hybridized carbons (Fsp3) is 0.429. The summed E-state index contributed by atoms with van der Waals surface area (Å²) >= 11 is 6.65. The molecule has 1 fully saturated rings. The molecule has 3 heterocycles. The number of pyridine rings is 1. The van der Waals surface area contributed by atoms with Gasteiger partial charge in [-0.05, 0) is 30.5 Å². The number of amides is 1. The molecule has 6 nitrogen and oxygen atoms in total. The van der Waals surface area contributed by atoms with Crippen molar-refractivity contribution in [3.8, 4) is 0 Å². The monoisotopic (exact) mass is 430 g/mol. The zero-order valence-corrected chi connectivity index (χ0v) is 18.6. The summed E-state index contributed by atoms with van der Waals surface area (Å²) in [5.41, 5.74) is 0.731. The minimum atomic E-state index is -0.210. The van der Waals surface area contributed by atoms with Gasteiger partial charge in [-0.15, -0.1) is 0 Å². The van der Waals surface area contributed by atoms with Crippen LogP contribution >= 0.6 is 24.0 Å². The molecule has 1 aliphatic heterocycles. The van der Waals surface area contributed by atoms with Crippen LogP contribution in [0.5, 0.6) is 0 Å². The second kappa shape index (κ2) is 9.54. The van der Waals surface area contributed by atoms with Crippen LogP contribution in [0, 0.1) is 5.92 Å². The maximum Gasteiger partial charge on any atom is 0.267 e. The number of carbonyl (C=O) groups excluding carboxylic acids is 1. The smallest absolute Gasteiger partial charge is 0.267 e. The van der Waals surface area contributed by atoms with Gasteiger partial charge in [0.15, 0.2) is 0 Å². The van der Waals surface area contributed by atoms with Gasteiger partial charge in [-0.1, -0.05) is 63.7 Å². The van der Waals surface area contributed by atoms with Gasteiger partial charge in [-0.3, -0.25) is 18.9 Å². The summed E-state index contributed by atoms with van der Waals surface area (Å²) in [5.74, 6) is 0.741. The highest BCUT2D eigenvalue weighted by Crippen LogP contribution is 2.33. The Bertz CT molecular complexity index is 1010. The van der Waals surface area contributed by atoms with Crippen molar-refractivity contribution in [3.05, 3.63) is 45.2 Å². The fourth-order valence-electron chi connectivity index (χ4n) is 3.01. The summed E-state index contributed by atoms with van der Waals surface area (Å²) in [6, 6.07) is 5.42. The Hall–Kier alpha value is -2.19. The van der Waals surface area contributed by atoms with E-state index in [2.05, 4.69) is 31.1 Å². The molecular weight excluding hydrogens is 404 g/mol. The van der Waals surface area contributed by atoms with E-state index < -0.39 is 0 Å². The molecule has 154 valence electrons. The minimum absolute atomic E-state index is 0.136. The van der Waals surface area contributed by atoms with Gasteiger partial charge in [0.1, 0.15) is 15.8 Å². The third-order valence-electron chi connectivity index (χ3n) is 4.58. The van der Waals surface area contributed by atoms with Crippen molar-refractivity contribution in [2.45, 2.75) is 40.0 Å². The maximum atomic E-state index is 13.1. The van der Waals surface area contributed by atoms with Crippen LogP contribution in [0.4, 0.5) is 5.82 Å². The lowest BCUT2D eigenvalue weighted by atomic mass is 10.2. The number of thiocarbonyl (C=S) groups is 1. The van der Waals surface area contributed by atoms with Crippen LogP contribution < -0.4 is 10.9 Å². The first-order valence-electron chi connectivity index (χ1n) is 9.93. The van der Waals surface area contributed by atoms with Gasteiger partial charge >= 0.3 is 0 Å². The standard InChI is InChI=1S/C21H26N4O2S2/c1-4-5-7-11-25-20(27)16(29-21(25)28)12-15-18(22-13-14(2)3)23-17-9-6-8-10-24(17)19(15)26/h6,8-10,12,14,22H,4-5,7,11,13H2,1-3H3/b16-12+. The lowest BCUT2D eigenvalue weighted by molar-refractivity contribution is -0.122. The van der Waals surface area contributed by atoms with Crippen LogP contribution in [-0.2, 0) is 4.79 Å². The first-order valence-corrected chi connectivity index (χ1v) is 11.2. The summed E-state index contributed by atoms with van der Waals surface area (Å²) in [6.45, 7) is 7.58. The number of anilines is 1. The quantitative estimate of drug-likeness (QED) is 0.385. The van der Waals surface area contributed by atoms with Crippen molar-refractivity contribution < 1.29 is 4.79 Å². The molecule has 0 atom stereocenters. The van der Waals surface area contributed by atoms with Crippen LogP contribution in [0.3, 0.4) is 0 Å². The van der Waals surface area contributed by atoms with E-state index in [0.29, 0.717) is 45.3 Å². The molecule has 0 aliphatic carbocycles. The highest BCUT2D eigenvalue weighted by molar-refractivity contribution is 8.26. The van der Waals surface area contributed by atoms with Gasteiger partial charge in [0.25, 0.3) is 11.5 Å². The molecule has 1 N–H and O–H groups in total. The summed E-state index contributed by atoms with van der Waals surface area (Å²) in [5, 5.41) is 3.26. The molecule has 1 saturated heterocycles.